The largest absolute Gasteiger partial charge is 0.506 e. The van der Waals surface area contributed by atoms with Gasteiger partial charge in [-0.2, -0.15) is 0 Å². The fourth-order valence-electron chi connectivity index (χ4n) is 2.59. The molecule has 0 fully saturated rings. The number of carbonyl (C=O) groups is 1. The standard InChI is InChI=1S/C16H14ClN3O4/c17-12-5-4-9(6-13(12)20(23)24)16(22)19-8-10(7-18)11-2-1-3-14(21)15(11)19/h1-6,8,21,23-24H,7,18H2. The normalized spacial score (nSPS) is 11.0. The number of aromatic nitrogens is 1. The molecule has 0 bridgehead atoms. The molecule has 124 valence electrons. The van der Waals surface area contributed by atoms with E-state index in [1.807, 2.05) is 0 Å². The number of phenolic OH excluding ortho intramolecular Hbond substituents is 1. The van der Waals surface area contributed by atoms with Crippen molar-refractivity contribution in [3.8, 4) is 5.75 Å². The number of nitrogens with zero attached hydrogens (tertiary/aromatic N) is 2. The number of anilines is 1. The van der Waals surface area contributed by atoms with Gasteiger partial charge in [-0.05, 0) is 29.8 Å². The molecule has 24 heavy (non-hydrogen) atoms. The van der Waals surface area contributed by atoms with Crippen molar-refractivity contribution >= 4 is 34.1 Å². The van der Waals surface area contributed by atoms with Crippen molar-refractivity contribution in [1.82, 2.24) is 4.57 Å². The first-order chi connectivity index (χ1) is 11.4. The first-order valence-corrected chi connectivity index (χ1v) is 7.36. The van der Waals surface area contributed by atoms with E-state index in [0.717, 1.165) is 0 Å². The number of phenols is 1. The first-order valence-electron chi connectivity index (χ1n) is 6.98. The summed E-state index contributed by atoms with van der Waals surface area (Å²) < 4.78 is 1.28. The molecular weight excluding hydrogens is 334 g/mol. The summed E-state index contributed by atoms with van der Waals surface area (Å²) in [5.41, 5.74) is 6.77. The second kappa shape index (κ2) is 6.14. The molecule has 1 heterocycles. The van der Waals surface area contributed by atoms with Gasteiger partial charge in [-0.3, -0.25) is 19.8 Å². The zero-order valence-electron chi connectivity index (χ0n) is 12.3. The highest BCUT2D eigenvalue weighted by atomic mass is 35.5. The van der Waals surface area contributed by atoms with Crippen molar-refractivity contribution in [2.24, 2.45) is 5.73 Å². The molecule has 7 nitrogen and oxygen atoms in total. The lowest BCUT2D eigenvalue weighted by atomic mass is 10.1. The topological polar surface area (TPSA) is 112 Å². The van der Waals surface area contributed by atoms with Crippen LogP contribution in [0.25, 0.3) is 10.9 Å². The van der Waals surface area contributed by atoms with Gasteiger partial charge < -0.3 is 10.8 Å². The third-order valence-electron chi connectivity index (χ3n) is 3.73. The van der Waals surface area contributed by atoms with Crippen molar-refractivity contribution in [2.75, 3.05) is 5.23 Å². The number of halogens is 1. The quantitative estimate of drug-likeness (QED) is 0.542. The number of fused-ring (bicyclic) bond motifs is 1. The summed E-state index contributed by atoms with van der Waals surface area (Å²) in [6.45, 7) is 0.202. The van der Waals surface area contributed by atoms with Crippen LogP contribution in [-0.2, 0) is 6.54 Å². The highest BCUT2D eigenvalue weighted by Crippen LogP contribution is 2.31. The van der Waals surface area contributed by atoms with Gasteiger partial charge in [-0.1, -0.05) is 23.7 Å². The van der Waals surface area contributed by atoms with Crippen molar-refractivity contribution in [2.45, 2.75) is 6.54 Å². The van der Waals surface area contributed by atoms with E-state index in [1.165, 1.54) is 28.8 Å². The van der Waals surface area contributed by atoms with Gasteiger partial charge in [0.2, 0.25) is 0 Å². The summed E-state index contributed by atoms with van der Waals surface area (Å²) >= 11 is 5.85. The zero-order valence-corrected chi connectivity index (χ0v) is 13.1. The number of para-hydroxylation sites is 1. The molecule has 0 radical (unpaired) electrons. The third-order valence-corrected chi connectivity index (χ3v) is 4.05. The Labute approximate surface area is 141 Å². The highest BCUT2D eigenvalue weighted by molar-refractivity contribution is 6.33. The number of carbonyl (C=O) groups excluding carboxylic acids is 1. The maximum Gasteiger partial charge on any atom is 0.262 e. The van der Waals surface area contributed by atoms with Crippen LogP contribution in [0, 0.1) is 0 Å². The van der Waals surface area contributed by atoms with Crippen LogP contribution in [-0.4, -0.2) is 26.0 Å². The van der Waals surface area contributed by atoms with Gasteiger partial charge in [0.25, 0.3) is 5.91 Å². The Kier molecular flexibility index (Phi) is 4.16. The van der Waals surface area contributed by atoms with E-state index in [4.69, 9.17) is 27.7 Å². The van der Waals surface area contributed by atoms with Gasteiger partial charge in [-0.15, -0.1) is 5.23 Å². The van der Waals surface area contributed by atoms with Crippen LogP contribution in [0.4, 0.5) is 5.69 Å². The summed E-state index contributed by atoms with van der Waals surface area (Å²) in [5, 5.41) is 29.0. The van der Waals surface area contributed by atoms with Crippen molar-refractivity contribution in [1.29, 1.82) is 0 Å². The molecule has 0 saturated carbocycles. The van der Waals surface area contributed by atoms with Gasteiger partial charge in [-0.25, -0.2) is 0 Å². The monoisotopic (exact) mass is 347 g/mol. The SMILES string of the molecule is NCc1cn(C(=O)c2ccc(Cl)c(N(O)O)c2)c2c(O)cccc12. The summed E-state index contributed by atoms with van der Waals surface area (Å²) in [7, 11) is 0. The van der Waals surface area contributed by atoms with Gasteiger partial charge in [0.15, 0.2) is 0 Å². The fraction of sp³-hybridized carbons (Fsp3) is 0.0625. The van der Waals surface area contributed by atoms with E-state index >= 15 is 0 Å². The average molecular weight is 348 g/mol. The molecule has 0 saturated heterocycles. The smallest absolute Gasteiger partial charge is 0.262 e. The maximum atomic E-state index is 12.8. The lowest BCUT2D eigenvalue weighted by Gasteiger charge is -2.12. The highest BCUT2D eigenvalue weighted by Gasteiger charge is 2.19. The van der Waals surface area contributed by atoms with E-state index in [1.54, 1.807) is 18.3 Å². The van der Waals surface area contributed by atoms with E-state index < -0.39 is 5.91 Å². The van der Waals surface area contributed by atoms with Crippen LogP contribution < -0.4 is 11.0 Å². The third kappa shape index (κ3) is 2.59. The van der Waals surface area contributed by atoms with Crippen LogP contribution in [0.1, 0.15) is 15.9 Å². The molecule has 5 N–H and O–H groups in total. The van der Waals surface area contributed by atoms with Crippen molar-refractivity contribution < 1.29 is 20.3 Å². The van der Waals surface area contributed by atoms with E-state index in [0.29, 0.717) is 16.5 Å². The zero-order chi connectivity index (χ0) is 17.4. The minimum Gasteiger partial charge on any atom is -0.506 e. The minimum atomic E-state index is -0.471. The fourth-order valence-corrected chi connectivity index (χ4v) is 2.79. The molecule has 3 aromatic rings. The van der Waals surface area contributed by atoms with Crippen molar-refractivity contribution in [3.05, 3.63) is 58.7 Å². The molecule has 0 aliphatic carbocycles. The second-order valence-corrected chi connectivity index (χ2v) is 5.57. The summed E-state index contributed by atoms with van der Waals surface area (Å²) in [5.74, 6) is -0.526. The van der Waals surface area contributed by atoms with Crippen molar-refractivity contribution in [3.63, 3.8) is 0 Å². The molecule has 0 amide bonds. The lowest BCUT2D eigenvalue weighted by Crippen LogP contribution is -2.15. The summed E-state index contributed by atoms with van der Waals surface area (Å²) in [4.78, 5) is 12.8. The Morgan fingerprint density at radius 2 is 2.00 bits per heavy atom. The maximum absolute atomic E-state index is 12.8. The average Bonchev–Trinajstić information content (AvgIpc) is 2.94. The molecule has 0 aliphatic heterocycles. The Morgan fingerprint density at radius 3 is 2.67 bits per heavy atom. The van der Waals surface area contributed by atoms with Crippen LogP contribution in [0.2, 0.25) is 5.02 Å². The van der Waals surface area contributed by atoms with Crippen LogP contribution in [0.5, 0.6) is 5.75 Å². The predicted molar refractivity (Wildman–Crippen MR) is 88.7 cm³/mol. The van der Waals surface area contributed by atoms with Gasteiger partial charge >= 0.3 is 0 Å². The second-order valence-electron chi connectivity index (χ2n) is 5.16. The molecular formula is C16H14ClN3O4. The lowest BCUT2D eigenvalue weighted by molar-refractivity contribution is 0.0292. The van der Waals surface area contributed by atoms with Crippen LogP contribution in [0.3, 0.4) is 0 Å². The molecule has 0 aliphatic rings. The summed E-state index contributed by atoms with van der Waals surface area (Å²) in [6.07, 6.45) is 1.55. The molecule has 8 heteroatoms. The molecule has 0 unspecified atom stereocenters. The molecule has 2 aromatic carbocycles. The van der Waals surface area contributed by atoms with Crippen LogP contribution >= 0.6 is 11.6 Å². The van der Waals surface area contributed by atoms with E-state index in [2.05, 4.69) is 0 Å². The minimum absolute atomic E-state index is 0.0549. The first kappa shape index (κ1) is 16.3. The number of benzene rings is 2. The molecule has 1 aromatic heterocycles. The van der Waals surface area contributed by atoms with Crippen LogP contribution in [0.15, 0.2) is 42.6 Å². The Hall–Kier alpha value is -2.58. The summed E-state index contributed by atoms with van der Waals surface area (Å²) in [6, 6.07) is 8.96. The van der Waals surface area contributed by atoms with Gasteiger partial charge in [0.1, 0.15) is 11.4 Å². The number of hydrogen-bond acceptors (Lipinski definition) is 6. The molecule has 0 atom stereocenters. The predicted octanol–water partition coefficient (Wildman–Crippen LogP) is 2.73. The van der Waals surface area contributed by atoms with Gasteiger partial charge in [0.05, 0.1) is 10.5 Å². The van der Waals surface area contributed by atoms with E-state index in [9.17, 15) is 9.90 Å². The number of nitrogens with two attached hydrogens (primary N) is 1. The molecule has 3 rings (SSSR count). The number of hydrogen-bond donors (Lipinski definition) is 4. The van der Waals surface area contributed by atoms with Gasteiger partial charge in [0, 0.05) is 23.7 Å². The Morgan fingerprint density at radius 1 is 1.25 bits per heavy atom. The Balaban J connectivity index is 2.18. The molecule has 0 spiro atoms. The van der Waals surface area contributed by atoms with E-state index in [-0.39, 0.29) is 33.8 Å². The number of aromatic hydroxyl groups is 1. The Bertz CT molecular complexity index is 936. The number of rotatable bonds is 3.